The van der Waals surface area contributed by atoms with Crippen molar-refractivity contribution in [3.05, 3.63) is 131 Å². The van der Waals surface area contributed by atoms with Gasteiger partial charge in [-0.05, 0) is 41.0 Å². The van der Waals surface area contributed by atoms with Crippen LogP contribution in [0.25, 0.3) is 0 Å². The molecule has 0 spiro atoms. The number of aliphatic hydroxyl groups is 1. The fourth-order valence-electron chi connectivity index (χ4n) is 6.41. The van der Waals surface area contributed by atoms with Gasteiger partial charge in [-0.25, -0.2) is 0 Å². The molecule has 4 aromatic rings. The number of benzene rings is 2. The highest BCUT2D eigenvalue weighted by molar-refractivity contribution is 5.88. The zero-order valence-electron chi connectivity index (χ0n) is 20.0. The summed E-state index contributed by atoms with van der Waals surface area (Å²) in [5, 5.41) is 13.0. The number of methoxy groups -OCH3 is 1. The molecule has 2 aromatic heterocycles. The molecule has 0 saturated carbocycles. The zero-order chi connectivity index (χ0) is 24.8. The summed E-state index contributed by atoms with van der Waals surface area (Å²) < 4.78 is 5.56. The van der Waals surface area contributed by atoms with Crippen molar-refractivity contribution in [1.29, 1.82) is 0 Å². The van der Waals surface area contributed by atoms with E-state index in [9.17, 15) is 9.90 Å². The Morgan fingerprint density at radius 1 is 0.889 bits per heavy atom. The monoisotopic (exact) mass is 477 g/mol. The summed E-state index contributed by atoms with van der Waals surface area (Å²) in [5.74, 6) is -0.485. The van der Waals surface area contributed by atoms with Crippen LogP contribution in [0.5, 0.6) is 0 Å². The first-order valence-corrected chi connectivity index (χ1v) is 12.1. The first-order chi connectivity index (χ1) is 17.6. The van der Waals surface area contributed by atoms with E-state index in [-0.39, 0.29) is 12.5 Å². The van der Waals surface area contributed by atoms with E-state index in [4.69, 9.17) is 14.7 Å². The third-order valence-electron chi connectivity index (χ3n) is 7.83. The highest BCUT2D eigenvalue weighted by Gasteiger charge is 2.71. The van der Waals surface area contributed by atoms with Crippen molar-refractivity contribution in [3.63, 3.8) is 0 Å². The lowest BCUT2D eigenvalue weighted by molar-refractivity contribution is -0.197. The van der Waals surface area contributed by atoms with E-state index >= 15 is 0 Å². The van der Waals surface area contributed by atoms with Crippen LogP contribution in [0.3, 0.4) is 0 Å². The SMILES string of the molecule is COC(=O)[C@]12c3ccccc3CN(C1c1ccccn1)[C@@H](c1ccccn1)C[C@@]2(O)c1ccccc1. The number of hydrogen-bond acceptors (Lipinski definition) is 6. The van der Waals surface area contributed by atoms with Crippen molar-refractivity contribution in [2.75, 3.05) is 7.11 Å². The maximum absolute atomic E-state index is 14.2. The van der Waals surface area contributed by atoms with Crippen molar-refractivity contribution < 1.29 is 14.6 Å². The standard InChI is InChI=1S/C30H27N3O3/c1-36-28(34)30-23-14-6-5-11-21(23)20-33(27(30)25-16-8-10-18-32-25)26(24-15-7-9-17-31-24)19-29(30,35)22-12-3-2-4-13-22/h2-18,26-27,35H,19-20H2,1H3/t26-,27?,29-,30+/m1/s1. The van der Waals surface area contributed by atoms with Crippen LogP contribution in [0.15, 0.2) is 103 Å². The number of carbonyl (C=O) groups excluding carboxylic acids is 1. The minimum absolute atomic E-state index is 0.265. The summed E-state index contributed by atoms with van der Waals surface area (Å²) in [6, 6.07) is 28.0. The normalized spacial score (nSPS) is 28.7. The van der Waals surface area contributed by atoms with Gasteiger partial charge in [0.2, 0.25) is 0 Å². The fraction of sp³-hybridized carbons (Fsp3) is 0.233. The average Bonchev–Trinajstić information content (AvgIpc) is 2.95. The van der Waals surface area contributed by atoms with Gasteiger partial charge in [-0.1, -0.05) is 66.7 Å². The minimum atomic E-state index is -1.61. The number of hydrogen-bond donors (Lipinski definition) is 1. The van der Waals surface area contributed by atoms with Crippen LogP contribution in [0.2, 0.25) is 0 Å². The molecule has 4 heterocycles. The van der Waals surface area contributed by atoms with Crippen LogP contribution >= 0.6 is 0 Å². The van der Waals surface area contributed by atoms with Gasteiger partial charge in [0.1, 0.15) is 11.0 Å². The van der Waals surface area contributed by atoms with E-state index in [1.165, 1.54) is 7.11 Å². The second-order valence-electron chi connectivity index (χ2n) is 9.49. The third-order valence-corrected chi connectivity index (χ3v) is 7.83. The molecule has 6 nitrogen and oxygen atoms in total. The van der Waals surface area contributed by atoms with Crippen LogP contribution in [0.4, 0.5) is 0 Å². The molecule has 2 aliphatic heterocycles. The molecule has 1 fully saturated rings. The highest BCUT2D eigenvalue weighted by atomic mass is 16.5. The molecular weight excluding hydrogens is 450 g/mol. The molecule has 2 aliphatic rings. The molecule has 2 aromatic carbocycles. The third kappa shape index (κ3) is 3.08. The van der Waals surface area contributed by atoms with Crippen molar-refractivity contribution in [3.8, 4) is 0 Å². The number of aromatic nitrogens is 2. The first kappa shape index (κ1) is 22.6. The Labute approximate surface area is 210 Å². The molecule has 6 heteroatoms. The summed E-state index contributed by atoms with van der Waals surface area (Å²) in [7, 11) is 1.39. The minimum Gasteiger partial charge on any atom is -0.468 e. The zero-order valence-corrected chi connectivity index (χ0v) is 20.0. The molecule has 1 N–H and O–H groups in total. The lowest BCUT2D eigenvalue weighted by Crippen LogP contribution is -2.68. The van der Waals surface area contributed by atoms with E-state index in [1.807, 2.05) is 91.0 Å². The Balaban J connectivity index is 1.75. The number of rotatable bonds is 4. The molecule has 0 amide bonds. The smallest absolute Gasteiger partial charge is 0.321 e. The van der Waals surface area contributed by atoms with E-state index in [2.05, 4.69) is 4.90 Å². The van der Waals surface area contributed by atoms with Crippen LogP contribution in [0, 0.1) is 0 Å². The van der Waals surface area contributed by atoms with Gasteiger partial charge in [-0.2, -0.15) is 0 Å². The lowest BCUT2D eigenvalue weighted by atomic mass is 9.52. The summed E-state index contributed by atoms with van der Waals surface area (Å²) in [5.41, 5.74) is 0.877. The van der Waals surface area contributed by atoms with E-state index < -0.39 is 23.0 Å². The number of esters is 1. The topological polar surface area (TPSA) is 75.5 Å². The molecular formula is C30H27N3O3. The van der Waals surface area contributed by atoms with Gasteiger partial charge in [0.15, 0.2) is 0 Å². The second kappa shape index (κ2) is 8.66. The van der Waals surface area contributed by atoms with E-state index in [1.54, 1.807) is 12.4 Å². The molecule has 6 rings (SSSR count). The Bertz CT molecular complexity index is 1380. The van der Waals surface area contributed by atoms with Crippen molar-refractivity contribution in [1.82, 2.24) is 14.9 Å². The van der Waals surface area contributed by atoms with E-state index in [0.29, 0.717) is 17.8 Å². The lowest BCUT2D eigenvalue weighted by Gasteiger charge is -2.62. The fourth-order valence-corrected chi connectivity index (χ4v) is 6.41. The van der Waals surface area contributed by atoms with Crippen LogP contribution in [-0.4, -0.2) is 33.1 Å². The quantitative estimate of drug-likeness (QED) is 0.437. The van der Waals surface area contributed by atoms with Gasteiger partial charge in [0, 0.05) is 25.4 Å². The van der Waals surface area contributed by atoms with Crippen molar-refractivity contribution >= 4 is 5.97 Å². The highest BCUT2D eigenvalue weighted by Crippen LogP contribution is 2.64. The Morgan fingerprint density at radius 3 is 2.19 bits per heavy atom. The van der Waals surface area contributed by atoms with Gasteiger partial charge < -0.3 is 9.84 Å². The molecule has 2 unspecified atom stereocenters. The number of piperidine rings is 1. The van der Waals surface area contributed by atoms with Crippen molar-refractivity contribution in [2.24, 2.45) is 0 Å². The van der Waals surface area contributed by atoms with E-state index in [0.717, 1.165) is 16.8 Å². The predicted octanol–water partition coefficient (Wildman–Crippen LogP) is 4.48. The summed E-state index contributed by atoms with van der Waals surface area (Å²) in [6.07, 6.45) is 3.77. The summed E-state index contributed by atoms with van der Waals surface area (Å²) >= 11 is 0. The van der Waals surface area contributed by atoms with Gasteiger partial charge in [0.05, 0.1) is 30.6 Å². The summed E-state index contributed by atoms with van der Waals surface area (Å²) in [4.78, 5) is 25.9. The maximum atomic E-state index is 14.2. The molecule has 180 valence electrons. The second-order valence-corrected chi connectivity index (χ2v) is 9.49. The number of pyridine rings is 2. The van der Waals surface area contributed by atoms with Gasteiger partial charge in [0.25, 0.3) is 0 Å². The molecule has 0 radical (unpaired) electrons. The molecule has 1 saturated heterocycles. The van der Waals surface area contributed by atoms with Crippen LogP contribution in [-0.2, 0) is 27.1 Å². The first-order valence-electron chi connectivity index (χ1n) is 12.1. The van der Waals surface area contributed by atoms with Gasteiger partial charge in [-0.15, -0.1) is 0 Å². The molecule has 36 heavy (non-hydrogen) atoms. The maximum Gasteiger partial charge on any atom is 0.321 e. The number of nitrogens with zero attached hydrogens (tertiary/aromatic N) is 3. The molecule has 0 aliphatic carbocycles. The average molecular weight is 478 g/mol. The number of ether oxygens (including phenoxy) is 1. The Hall–Kier alpha value is -3.87. The summed E-state index contributed by atoms with van der Waals surface area (Å²) in [6.45, 7) is 0.586. The Kier molecular flexibility index (Phi) is 5.43. The number of fused-ring (bicyclic) bond motifs is 4. The molecule has 5 atom stereocenters. The largest absolute Gasteiger partial charge is 0.468 e. The van der Waals surface area contributed by atoms with Crippen molar-refractivity contribution in [2.45, 2.75) is 36.1 Å². The molecule has 2 bridgehead atoms. The predicted molar refractivity (Wildman–Crippen MR) is 135 cm³/mol. The van der Waals surface area contributed by atoms with Gasteiger partial charge >= 0.3 is 5.97 Å². The number of carbonyl (C=O) groups is 1. The van der Waals surface area contributed by atoms with Crippen LogP contribution < -0.4 is 0 Å². The Morgan fingerprint density at radius 2 is 1.53 bits per heavy atom. The van der Waals surface area contributed by atoms with Gasteiger partial charge in [-0.3, -0.25) is 19.7 Å². The van der Waals surface area contributed by atoms with Crippen LogP contribution in [0.1, 0.15) is 46.6 Å².